The van der Waals surface area contributed by atoms with Crippen molar-refractivity contribution in [2.75, 3.05) is 11.5 Å². The molecule has 70 valence electrons. The largest absolute Gasteiger partial charge is 0.0938 e. The van der Waals surface area contributed by atoms with Crippen molar-refractivity contribution in [2.45, 2.75) is 36.2 Å². The molecule has 0 aliphatic carbocycles. The van der Waals surface area contributed by atoms with Crippen molar-refractivity contribution in [1.29, 1.82) is 0 Å². The Hall–Kier alpha value is 1.40. The quantitative estimate of drug-likeness (QED) is 0.631. The summed E-state index contributed by atoms with van der Waals surface area (Å²) < 4.78 is 0. The van der Waals surface area contributed by atoms with Crippen molar-refractivity contribution >= 4 is 43.2 Å². The van der Waals surface area contributed by atoms with Crippen LogP contribution in [-0.4, -0.2) is 22.0 Å². The van der Waals surface area contributed by atoms with E-state index >= 15 is 0 Å². The predicted molar refractivity (Wildman–Crippen MR) is 66.1 cm³/mol. The SMILES string of the molecule is C1CSSC(C2CCCSS2)C1. The Kier molecular flexibility index (Phi) is 4.41. The van der Waals surface area contributed by atoms with E-state index in [4.69, 9.17) is 0 Å². The minimum absolute atomic E-state index is 0.960. The lowest BCUT2D eigenvalue weighted by Gasteiger charge is -2.30. The second-order valence-corrected chi connectivity index (χ2v) is 8.65. The Morgan fingerprint density at radius 3 is 1.58 bits per heavy atom. The number of hydrogen-bond acceptors (Lipinski definition) is 4. The minimum atomic E-state index is 0.960. The molecule has 0 nitrogen and oxygen atoms in total. The molecule has 12 heavy (non-hydrogen) atoms. The van der Waals surface area contributed by atoms with E-state index in [0.717, 1.165) is 10.5 Å². The van der Waals surface area contributed by atoms with Crippen LogP contribution < -0.4 is 0 Å². The number of rotatable bonds is 1. The molecule has 0 amide bonds. The molecule has 2 aliphatic heterocycles. The van der Waals surface area contributed by atoms with Crippen molar-refractivity contribution in [2.24, 2.45) is 0 Å². The average Bonchev–Trinajstić information content (AvgIpc) is 2.21. The fourth-order valence-electron chi connectivity index (χ4n) is 1.55. The molecule has 0 N–H and O–H groups in total. The molecule has 4 heteroatoms. The van der Waals surface area contributed by atoms with Gasteiger partial charge in [-0.05, 0) is 25.7 Å². The predicted octanol–water partition coefficient (Wildman–Crippen LogP) is 4.07. The van der Waals surface area contributed by atoms with Gasteiger partial charge in [0.15, 0.2) is 0 Å². The van der Waals surface area contributed by atoms with Gasteiger partial charge in [0.25, 0.3) is 0 Å². The summed E-state index contributed by atoms with van der Waals surface area (Å²) in [5.41, 5.74) is 0. The van der Waals surface area contributed by atoms with Crippen molar-refractivity contribution in [1.82, 2.24) is 0 Å². The van der Waals surface area contributed by atoms with E-state index in [1.165, 1.54) is 37.2 Å². The fourth-order valence-corrected chi connectivity index (χ4v) is 8.18. The normalized spacial score (nSPS) is 38.0. The Balaban J connectivity index is 1.80. The third-order valence-electron chi connectivity index (χ3n) is 2.23. The molecule has 2 unspecified atom stereocenters. The van der Waals surface area contributed by atoms with Gasteiger partial charge in [0, 0.05) is 22.0 Å². The van der Waals surface area contributed by atoms with E-state index in [1.54, 1.807) is 0 Å². The highest BCUT2D eigenvalue weighted by Crippen LogP contribution is 2.47. The summed E-state index contributed by atoms with van der Waals surface area (Å²) in [5, 5.41) is 1.92. The molecule has 0 bridgehead atoms. The van der Waals surface area contributed by atoms with Gasteiger partial charge in [0.2, 0.25) is 0 Å². The third kappa shape index (κ3) is 2.69. The maximum absolute atomic E-state index is 2.15. The lowest BCUT2D eigenvalue weighted by Crippen LogP contribution is -2.23. The number of hydrogen-bond donors (Lipinski definition) is 0. The van der Waals surface area contributed by atoms with Crippen LogP contribution in [0.5, 0.6) is 0 Å². The fraction of sp³-hybridized carbons (Fsp3) is 1.00. The molecule has 2 saturated heterocycles. The molecule has 2 fully saturated rings. The second kappa shape index (κ2) is 5.32. The highest BCUT2D eigenvalue weighted by molar-refractivity contribution is 8.78. The summed E-state index contributed by atoms with van der Waals surface area (Å²) in [6, 6.07) is 0. The van der Waals surface area contributed by atoms with E-state index in [-0.39, 0.29) is 0 Å². The van der Waals surface area contributed by atoms with Crippen LogP contribution in [0.15, 0.2) is 0 Å². The second-order valence-electron chi connectivity index (χ2n) is 3.20. The first kappa shape index (κ1) is 9.94. The van der Waals surface area contributed by atoms with Crippen molar-refractivity contribution in [3.63, 3.8) is 0 Å². The standard InChI is InChI=1S/C8H14S4/c1-3-7(11-9-5-1)8-4-2-6-10-12-8/h7-8H,1-6H2. The molecule has 0 aromatic heterocycles. The van der Waals surface area contributed by atoms with Gasteiger partial charge in [-0.15, -0.1) is 0 Å². The van der Waals surface area contributed by atoms with Gasteiger partial charge in [0.05, 0.1) is 0 Å². The summed E-state index contributed by atoms with van der Waals surface area (Å²) in [5.74, 6) is 2.76. The van der Waals surface area contributed by atoms with Gasteiger partial charge in [0.1, 0.15) is 0 Å². The third-order valence-corrected chi connectivity index (χ3v) is 8.51. The minimum Gasteiger partial charge on any atom is -0.0938 e. The van der Waals surface area contributed by atoms with Gasteiger partial charge >= 0.3 is 0 Å². The van der Waals surface area contributed by atoms with E-state index in [0.29, 0.717) is 0 Å². The van der Waals surface area contributed by atoms with Gasteiger partial charge < -0.3 is 0 Å². The molecular formula is C8H14S4. The Morgan fingerprint density at radius 1 is 0.750 bits per heavy atom. The Morgan fingerprint density at radius 2 is 1.25 bits per heavy atom. The first-order chi connectivity index (χ1) is 5.97. The van der Waals surface area contributed by atoms with Crippen LogP contribution in [0.4, 0.5) is 0 Å². The Labute approximate surface area is 90.6 Å². The molecule has 2 rings (SSSR count). The van der Waals surface area contributed by atoms with E-state index in [1.807, 2.05) is 0 Å². The smallest absolute Gasteiger partial charge is 0.0279 e. The average molecular weight is 238 g/mol. The maximum Gasteiger partial charge on any atom is 0.0279 e. The van der Waals surface area contributed by atoms with Crippen LogP contribution in [0, 0.1) is 0 Å². The summed E-state index contributed by atoms with van der Waals surface area (Å²) >= 11 is 0. The highest BCUT2D eigenvalue weighted by atomic mass is 33.1. The van der Waals surface area contributed by atoms with E-state index in [2.05, 4.69) is 43.2 Å². The zero-order chi connectivity index (χ0) is 8.23. The van der Waals surface area contributed by atoms with Gasteiger partial charge in [-0.25, -0.2) is 0 Å². The molecule has 0 aromatic rings. The van der Waals surface area contributed by atoms with Crippen LogP contribution in [0.2, 0.25) is 0 Å². The van der Waals surface area contributed by atoms with E-state index < -0.39 is 0 Å². The zero-order valence-electron chi connectivity index (χ0n) is 7.03. The van der Waals surface area contributed by atoms with Crippen molar-refractivity contribution in [3.05, 3.63) is 0 Å². The molecule has 0 spiro atoms. The highest BCUT2D eigenvalue weighted by Gasteiger charge is 2.27. The van der Waals surface area contributed by atoms with E-state index in [9.17, 15) is 0 Å². The van der Waals surface area contributed by atoms with Crippen LogP contribution in [0.1, 0.15) is 25.7 Å². The summed E-state index contributed by atoms with van der Waals surface area (Å²) in [7, 11) is 8.49. The summed E-state index contributed by atoms with van der Waals surface area (Å²) in [4.78, 5) is 0. The molecular weight excluding hydrogens is 224 g/mol. The van der Waals surface area contributed by atoms with Crippen molar-refractivity contribution < 1.29 is 0 Å². The summed E-state index contributed by atoms with van der Waals surface area (Å²) in [6.07, 6.45) is 5.83. The lowest BCUT2D eigenvalue weighted by atomic mass is 10.1. The summed E-state index contributed by atoms with van der Waals surface area (Å²) in [6.45, 7) is 0. The maximum atomic E-state index is 2.15. The monoisotopic (exact) mass is 238 g/mol. The molecule has 0 radical (unpaired) electrons. The molecule has 0 saturated carbocycles. The first-order valence-corrected chi connectivity index (χ1v) is 9.30. The Bertz CT molecular complexity index is 111. The molecule has 0 aromatic carbocycles. The van der Waals surface area contributed by atoms with Gasteiger partial charge in [-0.1, -0.05) is 43.2 Å². The van der Waals surface area contributed by atoms with Gasteiger partial charge in [-0.2, -0.15) is 0 Å². The molecule has 2 aliphatic rings. The molecule has 2 atom stereocenters. The topological polar surface area (TPSA) is 0 Å². The van der Waals surface area contributed by atoms with Crippen LogP contribution in [0.3, 0.4) is 0 Å². The van der Waals surface area contributed by atoms with Crippen LogP contribution >= 0.6 is 43.2 Å². The van der Waals surface area contributed by atoms with Crippen LogP contribution in [-0.2, 0) is 0 Å². The zero-order valence-corrected chi connectivity index (χ0v) is 10.3. The lowest BCUT2D eigenvalue weighted by molar-refractivity contribution is 0.658. The van der Waals surface area contributed by atoms with Gasteiger partial charge in [-0.3, -0.25) is 0 Å². The van der Waals surface area contributed by atoms with Crippen molar-refractivity contribution in [3.8, 4) is 0 Å². The first-order valence-electron chi connectivity index (χ1n) is 4.53. The van der Waals surface area contributed by atoms with Crippen LogP contribution in [0.25, 0.3) is 0 Å². The molecule has 2 heterocycles.